The van der Waals surface area contributed by atoms with Gasteiger partial charge in [0.2, 0.25) is 5.91 Å². The van der Waals surface area contributed by atoms with Gasteiger partial charge in [-0.2, -0.15) is 11.8 Å². The maximum atomic E-state index is 11.5. The molecular weight excluding hydrogens is 292 g/mol. The summed E-state index contributed by atoms with van der Waals surface area (Å²) in [6, 6.07) is 0. The molecule has 0 spiro atoms. The van der Waals surface area contributed by atoms with Crippen LogP contribution in [0.5, 0.6) is 0 Å². The summed E-state index contributed by atoms with van der Waals surface area (Å²) in [6.07, 6.45) is 0.397. The van der Waals surface area contributed by atoms with E-state index < -0.39 is 11.7 Å². The van der Waals surface area contributed by atoms with Crippen LogP contribution >= 0.6 is 11.8 Å². The molecule has 0 aromatic carbocycles. The molecule has 0 saturated heterocycles. The highest BCUT2D eigenvalue weighted by Crippen LogP contribution is 2.06. The Bertz CT molecular complexity index is 306. The van der Waals surface area contributed by atoms with Crippen LogP contribution in [0.2, 0.25) is 0 Å². The lowest BCUT2D eigenvalue weighted by molar-refractivity contribution is -0.118. The van der Waals surface area contributed by atoms with E-state index in [1.807, 2.05) is 27.7 Å². The third-order valence-electron chi connectivity index (χ3n) is 2.14. The molecule has 2 N–H and O–H groups in total. The lowest BCUT2D eigenvalue weighted by Crippen LogP contribution is -2.34. The monoisotopic (exact) mass is 320 g/mol. The minimum atomic E-state index is -0.487. The van der Waals surface area contributed by atoms with Gasteiger partial charge in [-0.3, -0.25) is 4.79 Å². The fraction of sp³-hybridized carbons (Fsp3) is 0.857. The average molecular weight is 320 g/mol. The topological polar surface area (TPSA) is 76.7 Å². The molecule has 7 heteroatoms. The van der Waals surface area contributed by atoms with Crippen LogP contribution in [0.25, 0.3) is 0 Å². The third-order valence-corrected chi connectivity index (χ3v) is 3.10. The molecule has 0 aliphatic carbocycles. The van der Waals surface area contributed by atoms with Crippen LogP contribution in [-0.4, -0.2) is 55.4 Å². The van der Waals surface area contributed by atoms with E-state index >= 15 is 0 Å². The second-order valence-corrected chi connectivity index (χ2v) is 6.49. The number of thioether (sulfide) groups is 1. The number of hydrogen-bond donors (Lipinski definition) is 2. The Morgan fingerprint density at radius 2 is 1.86 bits per heavy atom. The van der Waals surface area contributed by atoms with Crippen molar-refractivity contribution in [3.8, 4) is 0 Å². The molecule has 0 bridgehead atoms. The van der Waals surface area contributed by atoms with E-state index in [0.717, 1.165) is 6.42 Å². The maximum absolute atomic E-state index is 11.5. The Balaban J connectivity index is 3.42. The first-order valence-electron chi connectivity index (χ1n) is 7.24. The van der Waals surface area contributed by atoms with Crippen LogP contribution in [-0.2, 0) is 14.3 Å². The predicted octanol–water partition coefficient (Wildman–Crippen LogP) is 1.79. The van der Waals surface area contributed by atoms with Crippen molar-refractivity contribution in [2.75, 3.05) is 37.8 Å². The van der Waals surface area contributed by atoms with Crippen LogP contribution in [0, 0.1) is 0 Å². The first-order chi connectivity index (χ1) is 9.85. The number of amides is 2. The lowest BCUT2D eigenvalue weighted by Gasteiger charge is -2.19. The van der Waals surface area contributed by atoms with Crippen LogP contribution in [0.4, 0.5) is 4.79 Å². The highest BCUT2D eigenvalue weighted by molar-refractivity contribution is 7.99. The smallest absolute Gasteiger partial charge is 0.407 e. The number of alkyl carbamates (subject to hydrolysis) is 1. The normalized spacial score (nSPS) is 11.0. The van der Waals surface area contributed by atoms with Crippen molar-refractivity contribution in [1.29, 1.82) is 0 Å². The molecular formula is C14H28N2O4S. The highest BCUT2D eigenvalue weighted by Gasteiger charge is 2.15. The van der Waals surface area contributed by atoms with Crippen LogP contribution in [0.15, 0.2) is 0 Å². The Kier molecular flexibility index (Phi) is 11.2. The molecule has 0 saturated carbocycles. The summed E-state index contributed by atoms with van der Waals surface area (Å²) in [5.74, 6) is 1.07. The van der Waals surface area contributed by atoms with Crippen LogP contribution in [0.3, 0.4) is 0 Å². The first-order valence-corrected chi connectivity index (χ1v) is 8.39. The fourth-order valence-electron chi connectivity index (χ4n) is 1.30. The molecule has 0 aromatic rings. The molecule has 0 aromatic heterocycles. The summed E-state index contributed by atoms with van der Waals surface area (Å²) in [4.78, 5) is 22.8. The Hall–Kier alpha value is -0.950. The summed E-state index contributed by atoms with van der Waals surface area (Å²) < 4.78 is 10.3. The van der Waals surface area contributed by atoms with E-state index in [4.69, 9.17) is 9.47 Å². The number of ether oxygens (including phenoxy) is 2. The predicted molar refractivity (Wildman–Crippen MR) is 85.7 cm³/mol. The fourth-order valence-corrected chi connectivity index (χ4v) is 1.98. The van der Waals surface area contributed by atoms with E-state index in [9.17, 15) is 9.59 Å². The van der Waals surface area contributed by atoms with Gasteiger partial charge in [-0.1, -0.05) is 0 Å². The van der Waals surface area contributed by atoms with Crippen molar-refractivity contribution in [3.63, 3.8) is 0 Å². The van der Waals surface area contributed by atoms with Gasteiger partial charge in [0.15, 0.2) is 0 Å². The third kappa shape index (κ3) is 15.3. The first kappa shape index (κ1) is 20.1. The second kappa shape index (κ2) is 11.7. The molecule has 21 heavy (non-hydrogen) atoms. The summed E-state index contributed by atoms with van der Waals surface area (Å²) >= 11 is 1.48. The Morgan fingerprint density at radius 1 is 1.14 bits per heavy atom. The zero-order valence-electron chi connectivity index (χ0n) is 13.5. The standard InChI is InChI=1S/C14H28N2O4S/c1-5-19-9-6-7-15-12(17)11-21-10-8-16-13(18)20-14(2,3)4/h5-11H2,1-4H3,(H,15,17)(H,16,18). The summed E-state index contributed by atoms with van der Waals surface area (Å²) in [5, 5.41) is 5.47. The molecule has 2 amide bonds. The zero-order valence-corrected chi connectivity index (χ0v) is 14.3. The highest BCUT2D eigenvalue weighted by atomic mass is 32.2. The molecule has 6 nitrogen and oxygen atoms in total. The second-order valence-electron chi connectivity index (χ2n) is 5.38. The van der Waals surface area contributed by atoms with Crippen molar-refractivity contribution in [1.82, 2.24) is 10.6 Å². The number of rotatable bonds is 10. The van der Waals surface area contributed by atoms with E-state index in [1.54, 1.807) is 0 Å². The SMILES string of the molecule is CCOCCCNC(=O)CSCCNC(=O)OC(C)(C)C. The largest absolute Gasteiger partial charge is 0.444 e. The van der Waals surface area contributed by atoms with Gasteiger partial charge in [-0.25, -0.2) is 4.79 Å². The van der Waals surface area contributed by atoms with Gasteiger partial charge in [0.1, 0.15) is 5.60 Å². The van der Waals surface area contributed by atoms with Gasteiger partial charge in [0, 0.05) is 32.1 Å². The average Bonchev–Trinajstić information content (AvgIpc) is 2.36. The molecule has 0 rings (SSSR count). The van der Waals surface area contributed by atoms with Crippen molar-refractivity contribution in [2.45, 2.75) is 39.7 Å². The Labute approximate surface area is 131 Å². The quantitative estimate of drug-likeness (QED) is 0.600. The van der Waals surface area contributed by atoms with Gasteiger partial charge in [-0.05, 0) is 34.1 Å². The summed E-state index contributed by atoms with van der Waals surface area (Å²) in [6.45, 7) is 9.89. The van der Waals surface area contributed by atoms with Crippen LogP contribution < -0.4 is 10.6 Å². The van der Waals surface area contributed by atoms with Crippen molar-refractivity contribution in [3.05, 3.63) is 0 Å². The van der Waals surface area contributed by atoms with Gasteiger partial charge < -0.3 is 20.1 Å². The van der Waals surface area contributed by atoms with Crippen molar-refractivity contribution in [2.24, 2.45) is 0 Å². The maximum Gasteiger partial charge on any atom is 0.407 e. The lowest BCUT2D eigenvalue weighted by atomic mass is 10.2. The van der Waals surface area contributed by atoms with E-state index in [1.165, 1.54) is 11.8 Å². The number of carbonyl (C=O) groups excluding carboxylic acids is 2. The molecule has 0 unspecified atom stereocenters. The number of carbonyl (C=O) groups is 2. The van der Waals surface area contributed by atoms with Crippen molar-refractivity contribution < 1.29 is 19.1 Å². The number of nitrogens with one attached hydrogen (secondary N) is 2. The molecule has 0 radical (unpaired) electrons. The Morgan fingerprint density at radius 3 is 2.48 bits per heavy atom. The van der Waals surface area contributed by atoms with E-state index in [0.29, 0.717) is 37.8 Å². The van der Waals surface area contributed by atoms with Gasteiger partial charge >= 0.3 is 6.09 Å². The molecule has 0 atom stereocenters. The van der Waals surface area contributed by atoms with Gasteiger partial charge in [0.25, 0.3) is 0 Å². The molecule has 124 valence electrons. The van der Waals surface area contributed by atoms with Crippen LogP contribution in [0.1, 0.15) is 34.1 Å². The summed E-state index contributed by atoms with van der Waals surface area (Å²) in [5.41, 5.74) is -0.487. The van der Waals surface area contributed by atoms with Gasteiger partial charge in [0.05, 0.1) is 5.75 Å². The van der Waals surface area contributed by atoms with Crippen molar-refractivity contribution >= 4 is 23.8 Å². The minimum Gasteiger partial charge on any atom is -0.444 e. The molecule has 0 fully saturated rings. The molecule has 0 aliphatic heterocycles. The summed E-state index contributed by atoms with van der Waals surface area (Å²) in [7, 11) is 0. The van der Waals surface area contributed by atoms with Gasteiger partial charge in [-0.15, -0.1) is 0 Å². The molecule has 0 aliphatic rings. The van der Waals surface area contributed by atoms with E-state index in [-0.39, 0.29) is 5.91 Å². The molecule has 0 heterocycles. The van der Waals surface area contributed by atoms with E-state index in [2.05, 4.69) is 10.6 Å². The number of hydrogen-bond acceptors (Lipinski definition) is 5. The minimum absolute atomic E-state index is 0.00812. The zero-order chi connectivity index (χ0) is 16.1.